The summed E-state index contributed by atoms with van der Waals surface area (Å²) < 4.78 is 35.6. The van der Waals surface area contributed by atoms with E-state index in [4.69, 9.17) is 10.8 Å². The number of nitrogens with two attached hydrogens (primary N) is 1. The van der Waals surface area contributed by atoms with E-state index in [2.05, 4.69) is 0 Å². The summed E-state index contributed by atoms with van der Waals surface area (Å²) in [5.74, 6) is -0.488. The molecule has 0 aromatic heterocycles. The van der Waals surface area contributed by atoms with Gasteiger partial charge >= 0.3 is 0 Å². The Kier molecular flexibility index (Phi) is 4.01. The van der Waals surface area contributed by atoms with Crippen molar-refractivity contribution in [1.82, 2.24) is 0 Å². The Bertz CT molecular complexity index is 461. The number of rotatable bonds is 4. The second-order valence-electron chi connectivity index (χ2n) is 3.63. The third kappa shape index (κ3) is 3.01. The maximum atomic E-state index is 12.9. The monoisotopic (exact) mass is 247 g/mol. The molecule has 0 saturated heterocycles. The van der Waals surface area contributed by atoms with Gasteiger partial charge in [-0.15, -0.1) is 0 Å². The first-order valence-electron chi connectivity index (χ1n) is 4.67. The van der Waals surface area contributed by atoms with Crippen LogP contribution in [0, 0.1) is 5.82 Å². The quantitative estimate of drug-likeness (QED) is 0.798. The Hall–Kier alpha value is -0.980. The van der Waals surface area contributed by atoms with Crippen molar-refractivity contribution in [2.45, 2.75) is 11.3 Å². The minimum absolute atomic E-state index is 0.351. The van der Waals surface area contributed by atoms with E-state index in [1.54, 1.807) is 0 Å². The van der Waals surface area contributed by atoms with E-state index in [1.807, 2.05) is 0 Å². The van der Waals surface area contributed by atoms with E-state index in [-0.39, 0.29) is 0 Å². The highest BCUT2D eigenvalue weighted by atomic mass is 32.2. The van der Waals surface area contributed by atoms with Crippen molar-refractivity contribution in [3.8, 4) is 0 Å². The summed E-state index contributed by atoms with van der Waals surface area (Å²) in [6, 6.07) is 4.45. The fourth-order valence-electron chi connectivity index (χ4n) is 1.44. The van der Waals surface area contributed by atoms with Gasteiger partial charge in [-0.25, -0.2) is 12.8 Å². The summed E-state index contributed by atoms with van der Waals surface area (Å²) in [7, 11) is -3.47. The SMILES string of the molecule is CS(=O)(=O)[C@H](CO)[C@H](N)c1cccc(F)c1. The third-order valence-corrected chi connectivity index (χ3v) is 3.91. The summed E-state index contributed by atoms with van der Waals surface area (Å²) in [6.45, 7) is -0.587. The van der Waals surface area contributed by atoms with Crippen molar-refractivity contribution in [2.75, 3.05) is 12.9 Å². The molecular weight excluding hydrogens is 233 g/mol. The molecule has 0 spiro atoms. The van der Waals surface area contributed by atoms with Gasteiger partial charge in [-0.2, -0.15) is 0 Å². The molecule has 0 amide bonds. The van der Waals surface area contributed by atoms with Gasteiger partial charge in [0.25, 0.3) is 0 Å². The summed E-state index contributed by atoms with van der Waals surface area (Å²) in [4.78, 5) is 0. The van der Waals surface area contributed by atoms with Gasteiger partial charge in [-0.05, 0) is 17.7 Å². The lowest BCUT2D eigenvalue weighted by molar-refractivity contribution is 0.278. The molecule has 0 aliphatic heterocycles. The van der Waals surface area contributed by atoms with Crippen LogP contribution in [0.15, 0.2) is 24.3 Å². The molecule has 0 aliphatic rings. The number of benzene rings is 1. The van der Waals surface area contributed by atoms with Crippen LogP contribution in [0.4, 0.5) is 4.39 Å². The van der Waals surface area contributed by atoms with E-state index in [0.717, 1.165) is 6.26 Å². The molecule has 16 heavy (non-hydrogen) atoms. The second kappa shape index (κ2) is 4.90. The minimum atomic E-state index is -3.47. The van der Waals surface area contributed by atoms with Gasteiger partial charge in [0.05, 0.1) is 6.61 Å². The molecule has 1 aromatic rings. The normalized spacial score (nSPS) is 15.8. The summed E-state index contributed by atoms with van der Waals surface area (Å²) in [6.07, 6.45) is 0.993. The number of halogens is 1. The van der Waals surface area contributed by atoms with Gasteiger partial charge in [0.1, 0.15) is 11.1 Å². The Balaban J connectivity index is 3.05. The van der Waals surface area contributed by atoms with Crippen molar-refractivity contribution in [1.29, 1.82) is 0 Å². The van der Waals surface area contributed by atoms with Crippen LogP contribution in [0.2, 0.25) is 0 Å². The zero-order valence-electron chi connectivity index (χ0n) is 8.80. The van der Waals surface area contributed by atoms with Gasteiger partial charge in [0.2, 0.25) is 0 Å². The van der Waals surface area contributed by atoms with Gasteiger partial charge < -0.3 is 10.8 Å². The Morgan fingerprint density at radius 1 is 1.50 bits per heavy atom. The predicted molar refractivity (Wildman–Crippen MR) is 59.0 cm³/mol. The molecule has 0 unspecified atom stereocenters. The fraction of sp³-hybridized carbons (Fsp3) is 0.400. The fourth-order valence-corrected chi connectivity index (χ4v) is 2.40. The number of aliphatic hydroxyl groups is 1. The molecule has 90 valence electrons. The van der Waals surface area contributed by atoms with Gasteiger partial charge in [0.15, 0.2) is 9.84 Å². The summed E-state index contributed by atoms with van der Waals surface area (Å²) in [5, 5.41) is 7.89. The lowest BCUT2D eigenvalue weighted by Gasteiger charge is -2.20. The van der Waals surface area contributed by atoms with Gasteiger partial charge in [0, 0.05) is 12.3 Å². The summed E-state index contributed by atoms with van der Waals surface area (Å²) in [5.41, 5.74) is 6.05. The molecular formula is C10H14FNO3S. The van der Waals surface area contributed by atoms with E-state index in [0.29, 0.717) is 5.56 Å². The smallest absolute Gasteiger partial charge is 0.154 e. The molecule has 1 aromatic carbocycles. The maximum Gasteiger partial charge on any atom is 0.154 e. The highest BCUT2D eigenvalue weighted by Crippen LogP contribution is 2.19. The average Bonchev–Trinajstić information content (AvgIpc) is 2.16. The molecule has 0 radical (unpaired) electrons. The van der Waals surface area contributed by atoms with E-state index >= 15 is 0 Å². The Labute approximate surface area is 93.8 Å². The first-order valence-corrected chi connectivity index (χ1v) is 6.62. The average molecular weight is 247 g/mol. The van der Waals surface area contributed by atoms with Crippen molar-refractivity contribution in [2.24, 2.45) is 5.73 Å². The molecule has 1 rings (SSSR count). The molecule has 0 saturated carbocycles. The van der Waals surface area contributed by atoms with E-state index in [1.165, 1.54) is 24.3 Å². The minimum Gasteiger partial charge on any atom is -0.395 e. The molecule has 4 nitrogen and oxygen atoms in total. The standard InChI is InChI=1S/C10H14FNO3S/c1-16(14,15)9(6-13)10(12)7-3-2-4-8(11)5-7/h2-5,9-10,13H,6,12H2,1H3/t9-,10-/m1/s1. The van der Waals surface area contributed by atoms with Crippen molar-refractivity contribution < 1.29 is 17.9 Å². The lowest BCUT2D eigenvalue weighted by Crippen LogP contribution is -2.36. The van der Waals surface area contributed by atoms with Crippen molar-refractivity contribution in [3.05, 3.63) is 35.6 Å². The van der Waals surface area contributed by atoms with Crippen LogP contribution in [0.5, 0.6) is 0 Å². The first kappa shape index (κ1) is 13.1. The van der Waals surface area contributed by atoms with E-state index < -0.39 is 33.6 Å². The molecule has 0 aliphatic carbocycles. The Morgan fingerprint density at radius 2 is 2.12 bits per heavy atom. The first-order chi connectivity index (χ1) is 7.36. The highest BCUT2D eigenvalue weighted by Gasteiger charge is 2.28. The van der Waals surface area contributed by atoms with Crippen LogP contribution in [0.1, 0.15) is 11.6 Å². The van der Waals surface area contributed by atoms with E-state index in [9.17, 15) is 12.8 Å². The van der Waals surface area contributed by atoms with Crippen molar-refractivity contribution in [3.63, 3.8) is 0 Å². The largest absolute Gasteiger partial charge is 0.395 e. The zero-order chi connectivity index (χ0) is 12.3. The number of hydrogen-bond acceptors (Lipinski definition) is 4. The second-order valence-corrected chi connectivity index (χ2v) is 5.90. The zero-order valence-corrected chi connectivity index (χ0v) is 9.61. The van der Waals surface area contributed by atoms with Crippen LogP contribution in [0.25, 0.3) is 0 Å². The van der Waals surface area contributed by atoms with Crippen LogP contribution < -0.4 is 5.73 Å². The predicted octanol–water partition coefficient (Wildman–Crippen LogP) is 0.231. The maximum absolute atomic E-state index is 12.9. The molecule has 6 heteroatoms. The van der Waals surface area contributed by atoms with Crippen LogP contribution in [-0.2, 0) is 9.84 Å². The molecule has 0 heterocycles. The lowest BCUT2D eigenvalue weighted by atomic mass is 10.0. The van der Waals surface area contributed by atoms with Gasteiger partial charge in [-0.1, -0.05) is 12.1 Å². The van der Waals surface area contributed by atoms with Gasteiger partial charge in [-0.3, -0.25) is 0 Å². The van der Waals surface area contributed by atoms with Crippen LogP contribution in [0.3, 0.4) is 0 Å². The Morgan fingerprint density at radius 3 is 2.56 bits per heavy atom. The topological polar surface area (TPSA) is 80.4 Å². The molecule has 3 N–H and O–H groups in total. The number of aliphatic hydroxyl groups excluding tert-OH is 1. The third-order valence-electron chi connectivity index (χ3n) is 2.36. The number of hydrogen-bond donors (Lipinski definition) is 2. The van der Waals surface area contributed by atoms with Crippen molar-refractivity contribution >= 4 is 9.84 Å². The molecule has 0 bridgehead atoms. The van der Waals surface area contributed by atoms with Crippen LogP contribution in [-0.4, -0.2) is 31.6 Å². The number of sulfone groups is 1. The summed E-state index contributed by atoms with van der Waals surface area (Å²) >= 11 is 0. The molecule has 0 fully saturated rings. The highest BCUT2D eigenvalue weighted by molar-refractivity contribution is 7.91. The van der Waals surface area contributed by atoms with Crippen LogP contribution >= 0.6 is 0 Å². The molecule has 2 atom stereocenters.